The average Bonchev–Trinajstić information content (AvgIpc) is 3.05. The van der Waals surface area contributed by atoms with Crippen molar-refractivity contribution in [3.05, 3.63) is 69.4 Å². The Morgan fingerprint density at radius 3 is 2.50 bits per heavy atom. The zero-order valence-electron chi connectivity index (χ0n) is 16.5. The molecule has 30 heavy (non-hydrogen) atoms. The summed E-state index contributed by atoms with van der Waals surface area (Å²) < 4.78 is 0. The molecule has 0 fully saturated rings. The first-order valence-electron chi connectivity index (χ1n) is 10.1. The van der Waals surface area contributed by atoms with E-state index in [1.54, 1.807) is 12.1 Å². The molecule has 0 bridgehead atoms. The van der Waals surface area contributed by atoms with Crippen LogP contribution in [0.3, 0.4) is 0 Å². The van der Waals surface area contributed by atoms with Gasteiger partial charge in [-0.15, -0.1) is 11.3 Å². The predicted molar refractivity (Wildman–Crippen MR) is 117 cm³/mol. The summed E-state index contributed by atoms with van der Waals surface area (Å²) in [6, 6.07) is 15.0. The fraction of sp³-hybridized carbons (Fsp3) is 0.261. The number of carbonyl (C=O) groups excluding carboxylic acids is 3. The number of benzene rings is 2. The van der Waals surface area contributed by atoms with Gasteiger partial charge in [0.1, 0.15) is 0 Å². The lowest BCUT2D eigenvalue weighted by molar-refractivity contribution is -0.120. The van der Waals surface area contributed by atoms with Gasteiger partial charge in [-0.3, -0.25) is 25.2 Å². The van der Waals surface area contributed by atoms with Crippen LogP contribution in [0.4, 0.5) is 0 Å². The molecule has 1 aliphatic rings. The molecule has 6 nitrogen and oxygen atoms in total. The van der Waals surface area contributed by atoms with Gasteiger partial charge in [-0.05, 0) is 60.2 Å². The lowest BCUT2D eigenvalue weighted by atomic mass is 10.1. The van der Waals surface area contributed by atoms with Crippen LogP contribution in [0.5, 0.6) is 0 Å². The molecule has 1 aliphatic carbocycles. The number of hydrazine groups is 1. The van der Waals surface area contributed by atoms with Crippen LogP contribution in [0.15, 0.2) is 48.5 Å². The molecule has 0 spiro atoms. The first-order chi connectivity index (χ1) is 14.6. The summed E-state index contributed by atoms with van der Waals surface area (Å²) in [4.78, 5) is 38.5. The van der Waals surface area contributed by atoms with Gasteiger partial charge in [-0.1, -0.05) is 36.8 Å². The summed E-state index contributed by atoms with van der Waals surface area (Å²) in [5.74, 6) is -1.16. The molecule has 1 aromatic heterocycles. The molecule has 3 amide bonds. The number of carbonyl (C=O) groups is 3. The van der Waals surface area contributed by atoms with Gasteiger partial charge in [0, 0.05) is 10.4 Å². The SMILES string of the molecule is O=C(CNC(=O)c1ccc2ccccc2c1)NNC(=O)c1cc2c(s1)CCCCC2. The number of hydrogen-bond donors (Lipinski definition) is 3. The van der Waals surface area contributed by atoms with Gasteiger partial charge in [0.25, 0.3) is 17.7 Å². The summed E-state index contributed by atoms with van der Waals surface area (Å²) in [5.41, 5.74) is 6.52. The number of rotatable bonds is 4. The third-order valence-electron chi connectivity index (χ3n) is 5.21. The van der Waals surface area contributed by atoms with Crippen molar-refractivity contribution in [2.75, 3.05) is 6.54 Å². The minimum atomic E-state index is -0.490. The number of amides is 3. The van der Waals surface area contributed by atoms with Crippen molar-refractivity contribution < 1.29 is 14.4 Å². The Labute approximate surface area is 178 Å². The number of hydrogen-bond acceptors (Lipinski definition) is 4. The van der Waals surface area contributed by atoms with E-state index in [4.69, 9.17) is 0 Å². The van der Waals surface area contributed by atoms with Crippen molar-refractivity contribution in [2.45, 2.75) is 32.1 Å². The molecule has 0 atom stereocenters. The average molecular weight is 422 g/mol. The first kappa shape index (κ1) is 20.1. The fourth-order valence-corrected chi connectivity index (χ4v) is 4.75. The second-order valence-electron chi connectivity index (χ2n) is 7.37. The highest BCUT2D eigenvalue weighted by atomic mass is 32.1. The molecule has 0 unspecified atom stereocenters. The molecule has 3 aromatic rings. The van der Waals surface area contributed by atoms with Crippen LogP contribution < -0.4 is 16.2 Å². The van der Waals surface area contributed by atoms with E-state index in [0.717, 1.165) is 36.5 Å². The first-order valence-corrected chi connectivity index (χ1v) is 10.9. The summed E-state index contributed by atoms with van der Waals surface area (Å²) in [5, 5.41) is 4.57. The lowest BCUT2D eigenvalue weighted by Crippen LogP contribution is -2.46. The van der Waals surface area contributed by atoms with E-state index in [0.29, 0.717) is 10.4 Å². The van der Waals surface area contributed by atoms with E-state index in [1.165, 1.54) is 28.2 Å². The smallest absolute Gasteiger partial charge is 0.279 e. The summed E-state index contributed by atoms with van der Waals surface area (Å²) >= 11 is 1.49. The molecule has 2 aromatic carbocycles. The van der Waals surface area contributed by atoms with Gasteiger partial charge in [-0.2, -0.15) is 0 Å². The minimum Gasteiger partial charge on any atom is -0.343 e. The van der Waals surface area contributed by atoms with E-state index in [2.05, 4.69) is 16.2 Å². The van der Waals surface area contributed by atoms with Crippen LogP contribution >= 0.6 is 11.3 Å². The highest BCUT2D eigenvalue weighted by Gasteiger charge is 2.17. The Hall–Kier alpha value is -3.19. The zero-order chi connectivity index (χ0) is 20.9. The predicted octanol–water partition coefficient (Wildman–Crippen LogP) is 3.36. The second kappa shape index (κ2) is 9.09. The molecule has 154 valence electrons. The van der Waals surface area contributed by atoms with Crippen LogP contribution in [0.2, 0.25) is 0 Å². The molecular weight excluding hydrogens is 398 g/mol. The van der Waals surface area contributed by atoms with Gasteiger partial charge < -0.3 is 5.32 Å². The van der Waals surface area contributed by atoms with Crippen LogP contribution in [-0.4, -0.2) is 24.3 Å². The van der Waals surface area contributed by atoms with Crippen LogP contribution in [0, 0.1) is 0 Å². The zero-order valence-corrected chi connectivity index (χ0v) is 17.3. The Bertz CT molecular complexity index is 1080. The van der Waals surface area contributed by atoms with Gasteiger partial charge in [0.2, 0.25) is 0 Å². The highest BCUT2D eigenvalue weighted by molar-refractivity contribution is 7.14. The van der Waals surface area contributed by atoms with Gasteiger partial charge in [0.15, 0.2) is 0 Å². The lowest BCUT2D eigenvalue weighted by Gasteiger charge is -2.08. The monoisotopic (exact) mass is 421 g/mol. The van der Waals surface area contributed by atoms with Gasteiger partial charge in [-0.25, -0.2) is 0 Å². The van der Waals surface area contributed by atoms with Crippen LogP contribution in [0.25, 0.3) is 10.8 Å². The van der Waals surface area contributed by atoms with Crippen molar-refractivity contribution in [1.29, 1.82) is 0 Å². The number of thiophene rings is 1. The second-order valence-corrected chi connectivity index (χ2v) is 8.50. The quantitative estimate of drug-likeness (QED) is 0.446. The minimum absolute atomic E-state index is 0.229. The van der Waals surface area contributed by atoms with Crippen molar-refractivity contribution >= 4 is 39.8 Å². The Kier molecular flexibility index (Phi) is 6.09. The Morgan fingerprint density at radius 1 is 0.833 bits per heavy atom. The number of aryl methyl sites for hydroxylation is 2. The van der Waals surface area contributed by atoms with Crippen LogP contribution in [-0.2, 0) is 17.6 Å². The van der Waals surface area contributed by atoms with Gasteiger partial charge >= 0.3 is 0 Å². The molecule has 1 heterocycles. The van der Waals surface area contributed by atoms with Crippen molar-refractivity contribution in [3.8, 4) is 0 Å². The van der Waals surface area contributed by atoms with E-state index in [-0.39, 0.29) is 18.4 Å². The molecule has 4 rings (SSSR count). The highest BCUT2D eigenvalue weighted by Crippen LogP contribution is 2.28. The number of nitrogens with one attached hydrogen (secondary N) is 3. The van der Waals surface area contributed by atoms with E-state index in [9.17, 15) is 14.4 Å². The molecule has 0 saturated heterocycles. The summed E-state index contributed by atoms with van der Waals surface area (Å²) in [6.45, 7) is -0.229. The maximum Gasteiger partial charge on any atom is 0.279 e. The third kappa shape index (κ3) is 4.68. The summed E-state index contributed by atoms with van der Waals surface area (Å²) in [6.07, 6.45) is 5.55. The molecule has 0 aliphatic heterocycles. The van der Waals surface area contributed by atoms with Crippen LogP contribution in [0.1, 0.15) is 49.7 Å². The third-order valence-corrected chi connectivity index (χ3v) is 6.44. The fourth-order valence-electron chi connectivity index (χ4n) is 3.60. The largest absolute Gasteiger partial charge is 0.343 e. The Morgan fingerprint density at radius 2 is 1.63 bits per heavy atom. The molecule has 0 radical (unpaired) electrons. The normalized spacial score (nSPS) is 13.2. The maximum atomic E-state index is 12.3. The van der Waals surface area contributed by atoms with Gasteiger partial charge in [0.05, 0.1) is 11.4 Å². The van der Waals surface area contributed by atoms with E-state index in [1.807, 2.05) is 36.4 Å². The van der Waals surface area contributed by atoms with Crippen molar-refractivity contribution in [3.63, 3.8) is 0 Å². The maximum absolute atomic E-state index is 12.3. The number of fused-ring (bicyclic) bond motifs is 2. The summed E-state index contributed by atoms with van der Waals surface area (Å²) in [7, 11) is 0. The molecule has 3 N–H and O–H groups in total. The molecule has 7 heteroatoms. The molecule has 0 saturated carbocycles. The van der Waals surface area contributed by atoms with E-state index >= 15 is 0 Å². The topological polar surface area (TPSA) is 87.3 Å². The standard InChI is InChI=1S/C23H23N3O3S/c27-21(14-24-22(28)18-11-10-15-6-4-5-7-16(15)12-18)25-26-23(29)20-13-17-8-2-1-3-9-19(17)30-20/h4-7,10-13H,1-3,8-9,14H2,(H,24,28)(H,25,27)(H,26,29). The Balaban J connectivity index is 1.27. The van der Waals surface area contributed by atoms with Crippen molar-refractivity contribution in [2.24, 2.45) is 0 Å². The van der Waals surface area contributed by atoms with E-state index < -0.39 is 5.91 Å². The molecular formula is C23H23N3O3S. The van der Waals surface area contributed by atoms with Crippen molar-refractivity contribution in [1.82, 2.24) is 16.2 Å².